The Morgan fingerprint density at radius 3 is 2.89 bits per heavy atom. The van der Waals surface area contributed by atoms with E-state index in [0.717, 1.165) is 30.5 Å². The third-order valence-electron chi connectivity index (χ3n) is 3.95. The summed E-state index contributed by atoms with van der Waals surface area (Å²) >= 11 is 0. The van der Waals surface area contributed by atoms with Gasteiger partial charge in [0.1, 0.15) is 0 Å². The molecule has 1 unspecified atom stereocenters. The molecule has 1 saturated carbocycles. The number of amides is 1. The van der Waals surface area contributed by atoms with Gasteiger partial charge in [0, 0.05) is 11.6 Å². The number of rotatable bonds is 3. The molecule has 0 spiro atoms. The molecule has 2 rings (SSSR count). The van der Waals surface area contributed by atoms with Crippen molar-refractivity contribution in [3.05, 3.63) is 29.8 Å². The molecule has 0 bridgehead atoms. The van der Waals surface area contributed by atoms with Crippen LogP contribution in [-0.4, -0.2) is 11.0 Å². The van der Waals surface area contributed by atoms with E-state index in [1.807, 2.05) is 24.3 Å². The largest absolute Gasteiger partial charge is 0.392 e. The Kier molecular flexibility index (Phi) is 3.71. The summed E-state index contributed by atoms with van der Waals surface area (Å²) in [4.78, 5) is 12.3. The van der Waals surface area contributed by atoms with Gasteiger partial charge >= 0.3 is 0 Å². The van der Waals surface area contributed by atoms with Crippen LogP contribution in [-0.2, 0) is 11.4 Å². The van der Waals surface area contributed by atoms with Crippen LogP contribution in [0.5, 0.6) is 0 Å². The zero-order valence-corrected chi connectivity index (χ0v) is 11.1. The van der Waals surface area contributed by atoms with Gasteiger partial charge in [-0.3, -0.25) is 4.79 Å². The summed E-state index contributed by atoms with van der Waals surface area (Å²) in [5.41, 5.74) is 1.69. The number of carbonyl (C=O) groups is 1. The van der Waals surface area contributed by atoms with Crippen molar-refractivity contribution in [2.24, 2.45) is 11.3 Å². The first-order valence-corrected chi connectivity index (χ1v) is 6.53. The van der Waals surface area contributed by atoms with Crippen LogP contribution in [0.15, 0.2) is 24.3 Å². The molecule has 98 valence electrons. The van der Waals surface area contributed by atoms with E-state index in [9.17, 15) is 4.79 Å². The molecule has 1 aromatic carbocycles. The maximum absolute atomic E-state index is 12.3. The van der Waals surface area contributed by atoms with Crippen LogP contribution in [0.2, 0.25) is 0 Å². The summed E-state index contributed by atoms with van der Waals surface area (Å²) in [6.07, 6.45) is 3.21. The van der Waals surface area contributed by atoms with Crippen LogP contribution in [0.3, 0.4) is 0 Å². The lowest BCUT2D eigenvalue weighted by molar-refractivity contribution is -0.122. The number of anilines is 1. The number of aliphatic hydroxyl groups is 1. The molecule has 0 heterocycles. The average molecular weight is 247 g/mol. The van der Waals surface area contributed by atoms with Crippen molar-refractivity contribution >= 4 is 11.6 Å². The van der Waals surface area contributed by atoms with E-state index >= 15 is 0 Å². The number of benzene rings is 1. The highest BCUT2D eigenvalue weighted by molar-refractivity contribution is 5.93. The summed E-state index contributed by atoms with van der Waals surface area (Å²) < 4.78 is 0. The highest BCUT2D eigenvalue weighted by Crippen LogP contribution is 2.43. The lowest BCUT2D eigenvalue weighted by Crippen LogP contribution is -2.30. The SMILES string of the molecule is CC1(C)CCCC1C(=O)Nc1cccc(CO)c1. The molecular weight excluding hydrogens is 226 g/mol. The molecule has 1 amide bonds. The Hall–Kier alpha value is -1.35. The second-order valence-electron chi connectivity index (χ2n) is 5.78. The van der Waals surface area contributed by atoms with Crippen LogP contribution >= 0.6 is 0 Å². The first-order chi connectivity index (χ1) is 8.53. The Morgan fingerprint density at radius 2 is 2.28 bits per heavy atom. The van der Waals surface area contributed by atoms with Crippen molar-refractivity contribution in [3.63, 3.8) is 0 Å². The molecule has 1 atom stereocenters. The van der Waals surface area contributed by atoms with E-state index < -0.39 is 0 Å². The monoisotopic (exact) mass is 247 g/mol. The molecule has 0 aromatic heterocycles. The van der Waals surface area contributed by atoms with Crippen molar-refractivity contribution in [3.8, 4) is 0 Å². The van der Waals surface area contributed by atoms with E-state index in [2.05, 4.69) is 19.2 Å². The molecule has 1 aliphatic rings. The van der Waals surface area contributed by atoms with Gasteiger partial charge in [0.25, 0.3) is 0 Å². The number of nitrogens with one attached hydrogen (secondary N) is 1. The average Bonchev–Trinajstić information content (AvgIpc) is 2.69. The summed E-state index contributed by atoms with van der Waals surface area (Å²) in [6, 6.07) is 7.37. The van der Waals surface area contributed by atoms with Gasteiger partial charge in [0.2, 0.25) is 5.91 Å². The molecule has 0 radical (unpaired) electrons. The van der Waals surface area contributed by atoms with Crippen LogP contribution in [0.1, 0.15) is 38.7 Å². The van der Waals surface area contributed by atoms with Gasteiger partial charge in [-0.2, -0.15) is 0 Å². The molecular formula is C15H21NO2. The highest BCUT2D eigenvalue weighted by atomic mass is 16.3. The van der Waals surface area contributed by atoms with E-state index in [1.165, 1.54) is 0 Å². The first-order valence-electron chi connectivity index (χ1n) is 6.53. The second kappa shape index (κ2) is 5.11. The van der Waals surface area contributed by atoms with E-state index in [4.69, 9.17) is 5.11 Å². The van der Waals surface area contributed by atoms with Gasteiger partial charge in [-0.05, 0) is 36.0 Å². The second-order valence-corrected chi connectivity index (χ2v) is 5.78. The fraction of sp³-hybridized carbons (Fsp3) is 0.533. The Morgan fingerprint density at radius 1 is 1.50 bits per heavy atom. The van der Waals surface area contributed by atoms with E-state index in [-0.39, 0.29) is 23.8 Å². The molecule has 1 fully saturated rings. The van der Waals surface area contributed by atoms with Crippen molar-refractivity contribution in [2.45, 2.75) is 39.7 Å². The first kappa shape index (κ1) is 13.1. The minimum absolute atomic E-state index is 0.00136. The van der Waals surface area contributed by atoms with Gasteiger partial charge < -0.3 is 10.4 Å². The lowest BCUT2D eigenvalue weighted by atomic mass is 9.81. The third-order valence-corrected chi connectivity index (χ3v) is 3.95. The van der Waals surface area contributed by atoms with Crippen LogP contribution in [0.25, 0.3) is 0 Å². The molecule has 18 heavy (non-hydrogen) atoms. The van der Waals surface area contributed by atoms with Gasteiger partial charge in [-0.15, -0.1) is 0 Å². The lowest BCUT2D eigenvalue weighted by Gasteiger charge is -2.25. The van der Waals surface area contributed by atoms with Crippen LogP contribution < -0.4 is 5.32 Å². The van der Waals surface area contributed by atoms with Crippen LogP contribution in [0.4, 0.5) is 5.69 Å². The molecule has 3 heteroatoms. The van der Waals surface area contributed by atoms with Crippen LogP contribution in [0, 0.1) is 11.3 Å². The van der Waals surface area contributed by atoms with Gasteiger partial charge in [-0.25, -0.2) is 0 Å². The maximum atomic E-state index is 12.3. The predicted octanol–water partition coefficient (Wildman–Crippen LogP) is 2.94. The van der Waals surface area contributed by atoms with Gasteiger partial charge in [0.15, 0.2) is 0 Å². The smallest absolute Gasteiger partial charge is 0.228 e. The van der Waals surface area contributed by atoms with Gasteiger partial charge in [-0.1, -0.05) is 32.4 Å². The van der Waals surface area contributed by atoms with Crippen molar-refractivity contribution in [1.82, 2.24) is 0 Å². The molecule has 0 saturated heterocycles. The predicted molar refractivity (Wildman–Crippen MR) is 72.1 cm³/mol. The highest BCUT2D eigenvalue weighted by Gasteiger charge is 2.39. The summed E-state index contributed by atoms with van der Waals surface area (Å²) in [7, 11) is 0. The molecule has 3 nitrogen and oxygen atoms in total. The molecule has 1 aliphatic carbocycles. The number of carbonyl (C=O) groups excluding carboxylic acids is 1. The zero-order chi connectivity index (χ0) is 13.2. The minimum Gasteiger partial charge on any atom is -0.392 e. The third kappa shape index (κ3) is 2.72. The number of aliphatic hydroxyl groups excluding tert-OH is 1. The molecule has 0 aliphatic heterocycles. The van der Waals surface area contributed by atoms with Gasteiger partial charge in [0.05, 0.1) is 6.61 Å². The van der Waals surface area contributed by atoms with E-state index in [0.29, 0.717) is 0 Å². The summed E-state index contributed by atoms with van der Waals surface area (Å²) in [5.74, 6) is 0.197. The fourth-order valence-electron chi connectivity index (χ4n) is 2.79. The summed E-state index contributed by atoms with van der Waals surface area (Å²) in [5, 5.41) is 12.0. The summed E-state index contributed by atoms with van der Waals surface area (Å²) in [6.45, 7) is 4.32. The normalized spacial score (nSPS) is 21.8. The number of hydrogen-bond acceptors (Lipinski definition) is 2. The zero-order valence-electron chi connectivity index (χ0n) is 11.1. The Bertz CT molecular complexity index is 440. The minimum atomic E-state index is -0.00136. The van der Waals surface area contributed by atoms with Crippen molar-refractivity contribution in [1.29, 1.82) is 0 Å². The standard InChI is InChI=1S/C15H21NO2/c1-15(2)8-4-7-13(15)14(18)16-12-6-3-5-11(9-12)10-17/h3,5-6,9,13,17H,4,7-8,10H2,1-2H3,(H,16,18). The van der Waals surface area contributed by atoms with E-state index in [1.54, 1.807) is 0 Å². The topological polar surface area (TPSA) is 49.3 Å². The molecule has 2 N–H and O–H groups in total. The van der Waals surface area contributed by atoms with Crippen molar-refractivity contribution < 1.29 is 9.90 Å². The Balaban J connectivity index is 2.07. The van der Waals surface area contributed by atoms with Crippen molar-refractivity contribution in [2.75, 3.05) is 5.32 Å². The molecule has 1 aromatic rings. The Labute approximate surface area is 108 Å². The maximum Gasteiger partial charge on any atom is 0.228 e. The fourth-order valence-corrected chi connectivity index (χ4v) is 2.79. The number of hydrogen-bond donors (Lipinski definition) is 2. The quantitative estimate of drug-likeness (QED) is 0.862.